The van der Waals surface area contributed by atoms with Gasteiger partial charge < -0.3 is 54.7 Å². The summed E-state index contributed by atoms with van der Waals surface area (Å²) in [4.78, 5) is 0. The Morgan fingerprint density at radius 3 is 1.79 bits per heavy atom. The minimum absolute atomic E-state index is 0.118. The third-order valence-electron chi connectivity index (χ3n) is 4.69. The Labute approximate surface area is 162 Å². The molecule has 2 aliphatic heterocycles. The van der Waals surface area contributed by atoms with Crippen LogP contribution in [0.1, 0.15) is 13.8 Å². The Kier molecular flexibility index (Phi) is 8.73. The van der Waals surface area contributed by atoms with E-state index in [9.17, 15) is 35.7 Å². The fraction of sp³-hybridized carbons (Fsp3) is 0.882. The Bertz CT molecular complexity index is 509. The molecule has 0 unspecified atom stereocenters. The maximum absolute atomic E-state index is 10.1. The number of rotatable bonds is 7. The molecule has 0 saturated carbocycles. The lowest BCUT2D eigenvalue weighted by molar-refractivity contribution is -0.330. The zero-order valence-electron chi connectivity index (χ0n) is 15.7. The molecule has 0 spiro atoms. The van der Waals surface area contributed by atoms with E-state index in [2.05, 4.69) is 0 Å². The van der Waals surface area contributed by atoms with Crippen LogP contribution < -0.4 is 0 Å². The molecule has 2 saturated heterocycles. The van der Waals surface area contributed by atoms with Crippen LogP contribution in [0.25, 0.3) is 0 Å². The molecular formula is C17H30O11. The molecule has 0 aromatic carbocycles. The average Bonchev–Trinajstić information content (AvgIpc) is 2.66. The molecule has 7 N–H and O–H groups in total. The molecule has 2 aliphatic rings. The molecule has 10 atom stereocenters. The normalized spacial score (nSPS) is 44.3. The minimum Gasteiger partial charge on any atom is -0.394 e. The number of allylic oxidation sites excluding steroid dienone is 1. The van der Waals surface area contributed by atoms with E-state index in [-0.39, 0.29) is 6.61 Å². The van der Waals surface area contributed by atoms with Gasteiger partial charge in [0, 0.05) is 0 Å². The van der Waals surface area contributed by atoms with Crippen molar-refractivity contribution in [2.45, 2.75) is 75.3 Å². The van der Waals surface area contributed by atoms with Gasteiger partial charge in [0.25, 0.3) is 0 Å². The Balaban J connectivity index is 1.96. The van der Waals surface area contributed by atoms with Crippen molar-refractivity contribution in [1.29, 1.82) is 0 Å². The van der Waals surface area contributed by atoms with Crippen molar-refractivity contribution in [2.75, 3.05) is 19.8 Å². The van der Waals surface area contributed by atoms with Gasteiger partial charge in [0.05, 0.1) is 19.8 Å². The van der Waals surface area contributed by atoms with Gasteiger partial charge in [-0.15, -0.1) is 0 Å². The first-order valence-electron chi connectivity index (χ1n) is 9.04. The number of aliphatic hydroxyl groups is 7. The van der Waals surface area contributed by atoms with E-state index in [4.69, 9.17) is 18.9 Å². The van der Waals surface area contributed by atoms with Crippen LogP contribution in [0.15, 0.2) is 11.6 Å². The molecule has 0 radical (unpaired) electrons. The largest absolute Gasteiger partial charge is 0.394 e. The molecule has 0 bridgehead atoms. The van der Waals surface area contributed by atoms with Crippen molar-refractivity contribution in [3.63, 3.8) is 0 Å². The first kappa shape index (κ1) is 23.6. The summed E-state index contributed by atoms with van der Waals surface area (Å²) in [5.74, 6) is 0. The summed E-state index contributed by atoms with van der Waals surface area (Å²) in [6.07, 6.45) is -12.5. The highest BCUT2D eigenvalue weighted by Crippen LogP contribution is 2.25. The second-order valence-electron chi connectivity index (χ2n) is 7.16. The van der Waals surface area contributed by atoms with Crippen LogP contribution in [0.5, 0.6) is 0 Å². The number of hydrogen-bond donors (Lipinski definition) is 7. The topological polar surface area (TPSA) is 179 Å². The summed E-state index contributed by atoms with van der Waals surface area (Å²) >= 11 is 0. The summed E-state index contributed by atoms with van der Waals surface area (Å²) in [6.45, 7) is 2.83. The predicted molar refractivity (Wildman–Crippen MR) is 91.8 cm³/mol. The molecule has 0 aromatic rings. The third-order valence-corrected chi connectivity index (χ3v) is 4.69. The smallest absolute Gasteiger partial charge is 0.187 e. The van der Waals surface area contributed by atoms with Crippen molar-refractivity contribution >= 4 is 0 Å². The van der Waals surface area contributed by atoms with E-state index in [1.807, 2.05) is 13.8 Å². The van der Waals surface area contributed by atoms with Gasteiger partial charge >= 0.3 is 0 Å². The second kappa shape index (κ2) is 10.4. The number of hydrogen-bond acceptors (Lipinski definition) is 11. The first-order chi connectivity index (χ1) is 13.2. The van der Waals surface area contributed by atoms with E-state index in [1.165, 1.54) is 0 Å². The minimum atomic E-state index is -1.61. The second-order valence-corrected chi connectivity index (χ2v) is 7.16. The molecule has 0 aliphatic carbocycles. The molecule has 164 valence electrons. The van der Waals surface area contributed by atoms with E-state index in [0.29, 0.717) is 0 Å². The van der Waals surface area contributed by atoms with Crippen LogP contribution in [0, 0.1) is 0 Å². The molecule has 11 nitrogen and oxygen atoms in total. The van der Waals surface area contributed by atoms with Crippen molar-refractivity contribution in [1.82, 2.24) is 0 Å². The van der Waals surface area contributed by atoms with Crippen LogP contribution in [-0.2, 0) is 18.9 Å². The maximum Gasteiger partial charge on any atom is 0.187 e. The van der Waals surface area contributed by atoms with E-state index in [1.54, 1.807) is 6.08 Å². The van der Waals surface area contributed by atoms with Gasteiger partial charge in [-0.2, -0.15) is 0 Å². The van der Waals surface area contributed by atoms with E-state index in [0.717, 1.165) is 5.57 Å². The average molecular weight is 410 g/mol. The summed E-state index contributed by atoms with van der Waals surface area (Å²) in [7, 11) is 0. The van der Waals surface area contributed by atoms with Gasteiger partial charge in [-0.1, -0.05) is 11.6 Å². The highest BCUT2D eigenvalue weighted by Gasteiger charge is 2.47. The van der Waals surface area contributed by atoms with Crippen molar-refractivity contribution in [3.8, 4) is 0 Å². The number of aliphatic hydroxyl groups excluding tert-OH is 7. The Morgan fingerprint density at radius 2 is 1.25 bits per heavy atom. The third kappa shape index (κ3) is 5.46. The highest BCUT2D eigenvalue weighted by molar-refractivity contribution is 4.94. The standard InChI is InChI=1S/C17H30O11/c1-7(2)3-4-25-16-14(23)13(22)11(20)9(28-16)6-26-17-15(24)12(21)10(19)8(5-18)27-17/h3,8-24H,4-6H2,1-2H3/t8-,9-,10-,11-,12+,13+,14-,15-,16-,17-/m1/s1. The van der Waals surface area contributed by atoms with Gasteiger partial charge in [-0.3, -0.25) is 0 Å². The monoisotopic (exact) mass is 410 g/mol. The van der Waals surface area contributed by atoms with Crippen molar-refractivity contribution in [3.05, 3.63) is 11.6 Å². The summed E-state index contributed by atoms with van der Waals surface area (Å²) in [5, 5.41) is 68.8. The fourth-order valence-corrected chi connectivity index (χ4v) is 2.90. The van der Waals surface area contributed by atoms with Crippen LogP contribution in [0.2, 0.25) is 0 Å². The fourth-order valence-electron chi connectivity index (χ4n) is 2.90. The Morgan fingerprint density at radius 1 is 0.750 bits per heavy atom. The molecule has 0 aromatic heterocycles. The molecular weight excluding hydrogens is 380 g/mol. The van der Waals surface area contributed by atoms with Gasteiger partial charge in [-0.25, -0.2) is 0 Å². The van der Waals surface area contributed by atoms with Crippen LogP contribution in [-0.4, -0.2) is 117 Å². The lowest BCUT2D eigenvalue weighted by atomic mass is 9.98. The van der Waals surface area contributed by atoms with Crippen LogP contribution in [0.3, 0.4) is 0 Å². The highest BCUT2D eigenvalue weighted by atomic mass is 16.7. The number of ether oxygens (including phenoxy) is 4. The van der Waals surface area contributed by atoms with Crippen LogP contribution in [0.4, 0.5) is 0 Å². The molecule has 0 amide bonds. The van der Waals surface area contributed by atoms with Gasteiger partial charge in [0.2, 0.25) is 0 Å². The van der Waals surface area contributed by atoms with Crippen molar-refractivity contribution < 1.29 is 54.7 Å². The summed E-state index contributed by atoms with van der Waals surface area (Å²) in [5.41, 5.74) is 0.980. The van der Waals surface area contributed by atoms with Gasteiger partial charge in [0.1, 0.15) is 48.8 Å². The molecule has 2 heterocycles. The van der Waals surface area contributed by atoms with Gasteiger partial charge in [0.15, 0.2) is 12.6 Å². The SMILES string of the molecule is CC(C)=CCO[C@@H]1O[C@H](CO[C@@H]2O[C@H](CO)[C@@H](O)[C@H](O)[C@H]2O)[C@@H](O)[C@H](O)[C@H]1O. The molecule has 28 heavy (non-hydrogen) atoms. The summed E-state index contributed by atoms with van der Waals surface area (Å²) < 4.78 is 21.4. The molecule has 11 heteroatoms. The zero-order valence-corrected chi connectivity index (χ0v) is 15.7. The van der Waals surface area contributed by atoms with Crippen LogP contribution >= 0.6 is 0 Å². The van der Waals surface area contributed by atoms with Gasteiger partial charge in [-0.05, 0) is 13.8 Å². The predicted octanol–water partition coefficient (Wildman–Crippen LogP) is -3.41. The maximum atomic E-state index is 10.1. The van der Waals surface area contributed by atoms with E-state index >= 15 is 0 Å². The lowest BCUT2D eigenvalue weighted by Gasteiger charge is -2.42. The molecule has 2 fully saturated rings. The van der Waals surface area contributed by atoms with E-state index < -0.39 is 74.6 Å². The summed E-state index contributed by atoms with van der Waals surface area (Å²) in [6, 6.07) is 0. The quantitative estimate of drug-likeness (QED) is 0.208. The zero-order chi connectivity index (χ0) is 21.0. The first-order valence-corrected chi connectivity index (χ1v) is 9.04. The van der Waals surface area contributed by atoms with Crippen molar-refractivity contribution in [2.24, 2.45) is 0 Å². The molecule has 2 rings (SSSR count). The Hall–Kier alpha value is -0.700. The lowest BCUT2D eigenvalue weighted by Crippen LogP contribution is -2.61.